The topological polar surface area (TPSA) is 79.2 Å². The van der Waals surface area contributed by atoms with Crippen LogP contribution >= 0.6 is 0 Å². The fourth-order valence-corrected chi connectivity index (χ4v) is 3.70. The summed E-state index contributed by atoms with van der Waals surface area (Å²) in [6.45, 7) is 3.84. The van der Waals surface area contributed by atoms with Crippen LogP contribution in [-0.2, 0) is 11.3 Å². The van der Waals surface area contributed by atoms with E-state index in [2.05, 4.69) is 54.4 Å². The van der Waals surface area contributed by atoms with Crippen molar-refractivity contribution < 1.29 is 4.79 Å². The van der Waals surface area contributed by atoms with Crippen molar-refractivity contribution in [1.29, 1.82) is 0 Å². The summed E-state index contributed by atoms with van der Waals surface area (Å²) in [4.78, 5) is 25.7. The van der Waals surface area contributed by atoms with Gasteiger partial charge in [-0.2, -0.15) is 5.10 Å². The zero-order valence-corrected chi connectivity index (χ0v) is 15.7. The molecule has 2 aliphatic rings. The molecule has 1 aromatic carbocycles. The molecule has 0 unspecified atom stereocenters. The van der Waals surface area contributed by atoms with E-state index in [0.717, 1.165) is 50.2 Å². The number of nitrogens with one attached hydrogen (secondary N) is 1. The highest BCUT2D eigenvalue weighted by molar-refractivity contribution is 5.88. The lowest BCUT2D eigenvalue weighted by Gasteiger charge is -2.36. The lowest BCUT2D eigenvalue weighted by Crippen LogP contribution is -2.46. The zero-order chi connectivity index (χ0) is 18.9. The smallest absolute Gasteiger partial charge is 0.242 e. The van der Waals surface area contributed by atoms with Crippen LogP contribution < -0.4 is 15.1 Å². The molecule has 0 spiro atoms. The van der Waals surface area contributed by atoms with E-state index in [1.54, 1.807) is 17.2 Å². The van der Waals surface area contributed by atoms with E-state index in [1.807, 2.05) is 6.07 Å². The Kier molecular flexibility index (Phi) is 4.31. The van der Waals surface area contributed by atoms with E-state index in [0.29, 0.717) is 11.7 Å². The Hall–Kier alpha value is -3.16. The van der Waals surface area contributed by atoms with E-state index in [4.69, 9.17) is 0 Å². The highest BCUT2D eigenvalue weighted by Gasteiger charge is 2.25. The summed E-state index contributed by atoms with van der Waals surface area (Å²) in [6.07, 6.45) is 5.50. The number of rotatable bonds is 5. The molecule has 5 rings (SSSR count). The first-order valence-corrected chi connectivity index (χ1v) is 9.79. The zero-order valence-electron chi connectivity index (χ0n) is 15.7. The summed E-state index contributed by atoms with van der Waals surface area (Å²) in [6, 6.07) is 10.8. The van der Waals surface area contributed by atoms with Crippen molar-refractivity contribution in [3.8, 4) is 0 Å². The number of hydrogen-bond acceptors (Lipinski definition) is 6. The lowest BCUT2D eigenvalue weighted by atomic mass is 10.2. The monoisotopic (exact) mass is 377 g/mol. The molecule has 0 bridgehead atoms. The molecule has 1 N–H and O–H groups in total. The molecule has 1 aliphatic carbocycles. The van der Waals surface area contributed by atoms with E-state index in [1.165, 1.54) is 5.69 Å². The molecule has 28 heavy (non-hydrogen) atoms. The summed E-state index contributed by atoms with van der Waals surface area (Å²) in [5, 5.41) is 8.29. The average molecular weight is 377 g/mol. The highest BCUT2D eigenvalue weighted by atomic mass is 16.2. The third-order valence-electron chi connectivity index (χ3n) is 5.35. The van der Waals surface area contributed by atoms with Gasteiger partial charge in [-0.05, 0) is 25.0 Å². The van der Waals surface area contributed by atoms with Crippen LogP contribution in [0.1, 0.15) is 12.8 Å². The number of carbonyl (C=O) groups is 1. The van der Waals surface area contributed by atoms with Gasteiger partial charge in [-0.1, -0.05) is 18.2 Å². The molecule has 1 amide bonds. The molecule has 1 aliphatic heterocycles. The second kappa shape index (κ2) is 7.10. The number of nitrogens with zero attached hydrogens (tertiary/aromatic N) is 6. The van der Waals surface area contributed by atoms with Crippen LogP contribution in [0.4, 0.5) is 11.5 Å². The molecule has 0 radical (unpaired) electrons. The minimum atomic E-state index is -0.0101. The number of carbonyl (C=O) groups excluding carboxylic acids is 1. The van der Waals surface area contributed by atoms with Gasteiger partial charge in [-0.15, -0.1) is 0 Å². The van der Waals surface area contributed by atoms with Crippen LogP contribution in [-0.4, -0.2) is 57.9 Å². The molecular weight excluding hydrogens is 354 g/mol. The summed E-state index contributed by atoms with van der Waals surface area (Å²) < 4.78 is 1.67. The van der Waals surface area contributed by atoms with Crippen molar-refractivity contribution in [1.82, 2.24) is 25.1 Å². The summed E-state index contributed by atoms with van der Waals surface area (Å²) in [7, 11) is 0. The van der Waals surface area contributed by atoms with E-state index >= 15 is 0 Å². The average Bonchev–Trinajstić information content (AvgIpc) is 3.46. The minimum Gasteiger partial charge on any atom is -0.368 e. The van der Waals surface area contributed by atoms with Crippen molar-refractivity contribution in [2.75, 3.05) is 36.0 Å². The Labute approximate surface area is 163 Å². The Bertz CT molecular complexity index is 975. The molecule has 0 atom stereocenters. The summed E-state index contributed by atoms with van der Waals surface area (Å²) >= 11 is 0. The minimum absolute atomic E-state index is 0.0101. The molecule has 8 nitrogen and oxygen atoms in total. The van der Waals surface area contributed by atoms with Crippen LogP contribution in [0.15, 0.2) is 42.9 Å². The standard InChI is InChI=1S/C20H23N7O/c28-18(24-15-6-7-15)13-27-20-17(12-23-27)19(21-14-22-20)26-10-8-25(9-11-26)16-4-2-1-3-5-16/h1-5,12,14-15H,6-11,13H2,(H,24,28). The highest BCUT2D eigenvalue weighted by Crippen LogP contribution is 2.25. The van der Waals surface area contributed by atoms with Gasteiger partial charge in [-0.3, -0.25) is 4.79 Å². The number of piperazine rings is 1. The van der Waals surface area contributed by atoms with E-state index in [-0.39, 0.29) is 12.5 Å². The molecule has 1 saturated heterocycles. The van der Waals surface area contributed by atoms with Crippen molar-refractivity contribution in [3.63, 3.8) is 0 Å². The van der Waals surface area contributed by atoms with Crippen molar-refractivity contribution in [2.45, 2.75) is 25.4 Å². The van der Waals surface area contributed by atoms with Gasteiger partial charge in [0.05, 0.1) is 11.6 Å². The van der Waals surface area contributed by atoms with Crippen LogP contribution in [0.5, 0.6) is 0 Å². The second-order valence-electron chi connectivity index (χ2n) is 7.39. The Morgan fingerprint density at radius 2 is 1.79 bits per heavy atom. The number of amides is 1. The third-order valence-corrected chi connectivity index (χ3v) is 5.35. The lowest BCUT2D eigenvalue weighted by molar-refractivity contribution is -0.121. The first kappa shape index (κ1) is 17.0. The molecule has 2 aromatic heterocycles. The molecule has 144 valence electrons. The van der Waals surface area contributed by atoms with Crippen LogP contribution in [0.2, 0.25) is 0 Å². The van der Waals surface area contributed by atoms with Gasteiger partial charge >= 0.3 is 0 Å². The Morgan fingerprint density at radius 3 is 2.54 bits per heavy atom. The van der Waals surface area contributed by atoms with Gasteiger partial charge in [0.15, 0.2) is 5.65 Å². The predicted octanol–water partition coefficient (Wildman–Crippen LogP) is 1.43. The molecule has 8 heteroatoms. The third kappa shape index (κ3) is 3.37. The van der Waals surface area contributed by atoms with E-state index < -0.39 is 0 Å². The van der Waals surface area contributed by atoms with Gasteiger partial charge in [0.25, 0.3) is 0 Å². The number of aromatic nitrogens is 4. The summed E-state index contributed by atoms with van der Waals surface area (Å²) in [5.41, 5.74) is 1.96. The molecule has 3 aromatic rings. The van der Waals surface area contributed by atoms with Gasteiger partial charge in [0.2, 0.25) is 5.91 Å². The maximum atomic E-state index is 12.1. The normalized spacial score (nSPS) is 17.1. The van der Waals surface area contributed by atoms with Crippen LogP contribution in [0.3, 0.4) is 0 Å². The number of fused-ring (bicyclic) bond motifs is 1. The molecule has 1 saturated carbocycles. The first-order valence-electron chi connectivity index (χ1n) is 9.79. The maximum absolute atomic E-state index is 12.1. The van der Waals surface area contributed by atoms with Gasteiger partial charge in [0.1, 0.15) is 18.7 Å². The largest absolute Gasteiger partial charge is 0.368 e. The quantitative estimate of drug-likeness (QED) is 0.725. The maximum Gasteiger partial charge on any atom is 0.242 e. The van der Waals surface area contributed by atoms with Crippen LogP contribution in [0, 0.1) is 0 Å². The van der Waals surface area contributed by atoms with Crippen molar-refractivity contribution in [2.24, 2.45) is 0 Å². The number of benzene rings is 1. The number of anilines is 2. The van der Waals surface area contributed by atoms with Crippen LogP contribution in [0.25, 0.3) is 11.0 Å². The van der Waals surface area contributed by atoms with E-state index in [9.17, 15) is 4.79 Å². The second-order valence-corrected chi connectivity index (χ2v) is 7.39. The van der Waals surface area contributed by atoms with Crippen molar-refractivity contribution >= 4 is 28.4 Å². The predicted molar refractivity (Wildman–Crippen MR) is 107 cm³/mol. The fraction of sp³-hybridized carbons (Fsp3) is 0.400. The fourth-order valence-electron chi connectivity index (χ4n) is 3.70. The molecule has 2 fully saturated rings. The van der Waals surface area contributed by atoms with Gasteiger partial charge < -0.3 is 15.1 Å². The Balaban J connectivity index is 1.32. The van der Waals surface area contributed by atoms with Crippen molar-refractivity contribution in [3.05, 3.63) is 42.9 Å². The van der Waals surface area contributed by atoms with Gasteiger partial charge in [-0.25, -0.2) is 14.6 Å². The molecular formula is C20H23N7O. The molecule has 3 heterocycles. The van der Waals surface area contributed by atoms with Gasteiger partial charge in [0, 0.05) is 37.9 Å². The summed E-state index contributed by atoms with van der Waals surface area (Å²) in [5.74, 6) is 0.885. The Morgan fingerprint density at radius 1 is 1.04 bits per heavy atom. The number of para-hydroxylation sites is 1. The first-order chi connectivity index (χ1) is 13.8. The number of hydrogen-bond donors (Lipinski definition) is 1. The SMILES string of the molecule is O=C(Cn1ncc2c(N3CCN(c4ccccc4)CC3)ncnc21)NC1CC1.